The van der Waals surface area contributed by atoms with Gasteiger partial charge in [-0.15, -0.1) is 0 Å². The number of thiocarbonyl (C=S) groups is 1. The van der Waals surface area contributed by atoms with Crippen molar-refractivity contribution in [1.82, 2.24) is 15.2 Å². The maximum absolute atomic E-state index is 13.4. The molecule has 2 heterocycles. The van der Waals surface area contributed by atoms with Crippen molar-refractivity contribution < 1.29 is 18.3 Å². The summed E-state index contributed by atoms with van der Waals surface area (Å²) in [6.45, 7) is 1.02. The maximum atomic E-state index is 13.4. The van der Waals surface area contributed by atoms with Gasteiger partial charge in [0.1, 0.15) is 11.6 Å². The van der Waals surface area contributed by atoms with Crippen LogP contribution in [0.5, 0.6) is 11.5 Å². The lowest BCUT2D eigenvalue weighted by Crippen LogP contribution is -2.39. The fourth-order valence-corrected chi connectivity index (χ4v) is 3.80. The van der Waals surface area contributed by atoms with Crippen LogP contribution in [-0.2, 0) is 19.6 Å². The summed E-state index contributed by atoms with van der Waals surface area (Å²) in [5.74, 6) is 1.50. The van der Waals surface area contributed by atoms with Gasteiger partial charge in [0.2, 0.25) is 0 Å². The average Bonchev–Trinajstić information content (AvgIpc) is 3.36. The number of halogens is 1. The van der Waals surface area contributed by atoms with Crippen molar-refractivity contribution in [2.75, 3.05) is 14.2 Å². The first kappa shape index (κ1) is 23.3. The first-order valence-corrected chi connectivity index (χ1v) is 10.9. The summed E-state index contributed by atoms with van der Waals surface area (Å²) in [6, 6.07) is 15.2. The van der Waals surface area contributed by atoms with Crippen LogP contribution < -0.4 is 20.3 Å². The molecule has 34 heavy (non-hydrogen) atoms. The number of benzene rings is 2. The quantitative estimate of drug-likeness (QED) is 0.362. The molecule has 2 aromatic carbocycles. The number of ether oxygens (including phenoxy) is 2. The van der Waals surface area contributed by atoms with Crippen LogP contribution in [0.3, 0.4) is 0 Å². The predicted molar refractivity (Wildman–Crippen MR) is 131 cm³/mol. The Kier molecular flexibility index (Phi) is 7.12. The van der Waals surface area contributed by atoms with Gasteiger partial charge in [-0.1, -0.05) is 12.1 Å². The van der Waals surface area contributed by atoms with Gasteiger partial charge in [-0.3, -0.25) is 4.79 Å². The van der Waals surface area contributed by atoms with E-state index < -0.39 is 0 Å². The first-order chi connectivity index (χ1) is 16.5. The second-order valence-corrected chi connectivity index (χ2v) is 8.03. The van der Waals surface area contributed by atoms with E-state index in [0.717, 1.165) is 16.7 Å². The van der Waals surface area contributed by atoms with E-state index in [1.807, 2.05) is 23.1 Å². The number of nitrogens with one attached hydrogen (secondary N) is 2. The molecule has 2 N–H and O–H groups in total. The summed E-state index contributed by atoms with van der Waals surface area (Å²) < 4.78 is 29.5. The van der Waals surface area contributed by atoms with Gasteiger partial charge < -0.3 is 29.1 Å². The Morgan fingerprint density at radius 2 is 1.82 bits per heavy atom. The third-order valence-electron chi connectivity index (χ3n) is 5.35. The van der Waals surface area contributed by atoms with Gasteiger partial charge in [-0.25, -0.2) is 4.39 Å². The highest BCUT2D eigenvalue weighted by atomic mass is 32.1. The van der Waals surface area contributed by atoms with Crippen LogP contribution in [0.15, 0.2) is 70.1 Å². The van der Waals surface area contributed by atoms with Gasteiger partial charge in [-0.2, -0.15) is 0 Å². The molecule has 176 valence electrons. The number of H-pyrrole nitrogens is 1. The third kappa shape index (κ3) is 5.37. The fourth-order valence-electron chi connectivity index (χ4n) is 3.60. The molecule has 0 aliphatic carbocycles. The molecular weight excluding hydrogens is 457 g/mol. The third-order valence-corrected chi connectivity index (χ3v) is 5.76. The lowest BCUT2D eigenvalue weighted by Gasteiger charge is -2.26. The molecule has 4 aromatic rings. The first-order valence-electron chi connectivity index (χ1n) is 10.5. The van der Waals surface area contributed by atoms with Gasteiger partial charge in [-0.05, 0) is 54.2 Å². The molecule has 4 rings (SSSR count). The topological polar surface area (TPSA) is 79.7 Å². The van der Waals surface area contributed by atoms with Crippen molar-refractivity contribution in [1.29, 1.82) is 0 Å². The lowest BCUT2D eigenvalue weighted by molar-refractivity contribution is 0.355. The van der Waals surface area contributed by atoms with Crippen molar-refractivity contribution in [3.63, 3.8) is 0 Å². The van der Waals surface area contributed by atoms with Crippen molar-refractivity contribution in [3.8, 4) is 11.5 Å². The lowest BCUT2D eigenvalue weighted by atomic mass is 10.1. The Morgan fingerprint density at radius 1 is 1.09 bits per heavy atom. The zero-order valence-corrected chi connectivity index (χ0v) is 19.6. The summed E-state index contributed by atoms with van der Waals surface area (Å²) >= 11 is 5.63. The highest BCUT2D eigenvalue weighted by Gasteiger charge is 2.16. The second-order valence-electron chi connectivity index (χ2n) is 7.64. The molecule has 0 saturated carbocycles. The number of rotatable bonds is 8. The molecule has 0 unspecified atom stereocenters. The molecule has 2 aromatic heterocycles. The predicted octanol–water partition coefficient (Wildman–Crippen LogP) is 4.35. The molecule has 0 aliphatic heterocycles. The van der Waals surface area contributed by atoms with Crippen molar-refractivity contribution in [2.24, 2.45) is 0 Å². The van der Waals surface area contributed by atoms with E-state index in [0.29, 0.717) is 40.8 Å². The van der Waals surface area contributed by atoms with Gasteiger partial charge in [0.25, 0.3) is 5.56 Å². The molecule has 0 spiro atoms. The number of methoxy groups -OCH3 is 2. The number of pyridine rings is 1. The zero-order chi connectivity index (χ0) is 24.1. The maximum Gasteiger partial charge on any atom is 0.253 e. The highest BCUT2D eigenvalue weighted by molar-refractivity contribution is 7.80. The molecule has 0 amide bonds. The van der Waals surface area contributed by atoms with E-state index in [4.69, 9.17) is 26.1 Å². The summed E-state index contributed by atoms with van der Waals surface area (Å²) in [6.07, 6.45) is 1.59. The Labute approximate surface area is 201 Å². The minimum absolute atomic E-state index is 0.237. The Morgan fingerprint density at radius 3 is 2.50 bits per heavy atom. The molecule has 0 bridgehead atoms. The summed E-state index contributed by atoms with van der Waals surface area (Å²) in [5.41, 5.74) is 1.77. The molecule has 0 radical (unpaired) electrons. The Bertz CT molecular complexity index is 1340. The fraction of sp³-hybridized carbons (Fsp3) is 0.200. The normalized spacial score (nSPS) is 10.8. The van der Waals surface area contributed by atoms with Crippen LogP contribution in [0.25, 0.3) is 10.9 Å². The van der Waals surface area contributed by atoms with Gasteiger partial charge >= 0.3 is 0 Å². The van der Waals surface area contributed by atoms with E-state index in [1.165, 1.54) is 12.1 Å². The van der Waals surface area contributed by atoms with Crippen LogP contribution in [0.1, 0.15) is 16.9 Å². The zero-order valence-electron chi connectivity index (χ0n) is 18.8. The molecule has 7 nitrogen and oxygen atoms in total. The van der Waals surface area contributed by atoms with Crippen molar-refractivity contribution >= 4 is 28.2 Å². The number of fused-ring (bicyclic) bond motifs is 1. The van der Waals surface area contributed by atoms with Gasteiger partial charge in [0, 0.05) is 23.6 Å². The van der Waals surface area contributed by atoms with E-state index >= 15 is 0 Å². The van der Waals surface area contributed by atoms with Crippen LogP contribution >= 0.6 is 12.2 Å². The number of nitrogens with zero attached hydrogens (tertiary/aromatic N) is 1. The molecule has 0 aliphatic rings. The SMILES string of the molecule is COc1cc2cc(CN(Cc3ccc(F)cc3)C(=S)NCc3ccco3)c(=O)[nH]c2cc1OC. The number of aromatic amines is 1. The number of aromatic nitrogens is 1. The second kappa shape index (κ2) is 10.4. The van der Waals surface area contributed by atoms with Gasteiger partial charge in [0.15, 0.2) is 16.6 Å². The monoisotopic (exact) mass is 481 g/mol. The minimum Gasteiger partial charge on any atom is -0.493 e. The van der Waals surface area contributed by atoms with Crippen molar-refractivity contribution in [3.05, 3.63) is 93.9 Å². The van der Waals surface area contributed by atoms with E-state index in [2.05, 4.69) is 10.3 Å². The number of hydrogen-bond acceptors (Lipinski definition) is 5. The summed E-state index contributed by atoms with van der Waals surface area (Å²) in [4.78, 5) is 17.7. The Balaban J connectivity index is 1.63. The molecule has 0 saturated heterocycles. The summed E-state index contributed by atoms with van der Waals surface area (Å²) in [7, 11) is 3.10. The Hall–Kier alpha value is -3.85. The van der Waals surface area contributed by atoms with E-state index in [1.54, 1.807) is 44.7 Å². The van der Waals surface area contributed by atoms with Crippen LogP contribution in [0.2, 0.25) is 0 Å². The van der Waals surface area contributed by atoms with E-state index in [-0.39, 0.29) is 17.9 Å². The molecule has 0 atom stereocenters. The number of hydrogen-bond donors (Lipinski definition) is 2. The average molecular weight is 482 g/mol. The smallest absolute Gasteiger partial charge is 0.253 e. The number of furan rings is 1. The standard InChI is InChI=1S/C25H24FN3O4S/c1-31-22-11-17-10-18(24(30)28-21(17)12-23(22)32-2)15-29(14-16-5-7-19(26)8-6-16)25(34)27-13-20-4-3-9-33-20/h3-12H,13-15H2,1-2H3,(H,27,34)(H,28,30). The van der Waals surface area contributed by atoms with Crippen molar-refractivity contribution in [2.45, 2.75) is 19.6 Å². The minimum atomic E-state index is -0.316. The van der Waals surface area contributed by atoms with E-state index in [9.17, 15) is 9.18 Å². The van der Waals surface area contributed by atoms with Crippen LogP contribution in [-0.4, -0.2) is 29.2 Å². The molecule has 9 heteroatoms. The molecule has 0 fully saturated rings. The largest absolute Gasteiger partial charge is 0.493 e. The highest BCUT2D eigenvalue weighted by Crippen LogP contribution is 2.31. The van der Waals surface area contributed by atoms with Crippen LogP contribution in [0, 0.1) is 5.82 Å². The van der Waals surface area contributed by atoms with Gasteiger partial charge in [0.05, 0.1) is 39.1 Å². The molecular formula is C25H24FN3O4S. The van der Waals surface area contributed by atoms with Crippen LogP contribution in [0.4, 0.5) is 4.39 Å². The summed E-state index contributed by atoms with van der Waals surface area (Å²) in [5, 5.41) is 4.40.